The fourth-order valence-electron chi connectivity index (χ4n) is 4.35. The van der Waals surface area contributed by atoms with Crippen LogP contribution in [0.2, 0.25) is 0 Å². The Morgan fingerprint density at radius 1 is 0.935 bits per heavy atom. The summed E-state index contributed by atoms with van der Waals surface area (Å²) in [4.78, 5) is 22.2. The molecule has 0 aromatic carbocycles. The van der Waals surface area contributed by atoms with E-state index >= 15 is 0 Å². The second kappa shape index (κ2) is 16.6. The molecule has 0 radical (unpaired) electrons. The van der Waals surface area contributed by atoms with Crippen molar-refractivity contribution in [3.63, 3.8) is 0 Å². The highest BCUT2D eigenvalue weighted by atomic mass is 32.2. The van der Waals surface area contributed by atoms with Crippen LogP contribution in [-0.4, -0.2) is 43.9 Å². The van der Waals surface area contributed by atoms with Gasteiger partial charge in [0.15, 0.2) is 0 Å². The molecule has 0 bridgehead atoms. The first-order valence-corrected chi connectivity index (χ1v) is 13.4. The topological polar surface area (TPSA) is 94.8 Å². The van der Waals surface area contributed by atoms with Crippen molar-refractivity contribution in [1.29, 1.82) is 0 Å². The summed E-state index contributed by atoms with van der Waals surface area (Å²) in [5.41, 5.74) is -1.01. The van der Waals surface area contributed by atoms with Crippen LogP contribution in [0.4, 0.5) is 0 Å². The summed E-state index contributed by atoms with van der Waals surface area (Å²) in [6.07, 6.45) is 21.1. The zero-order chi connectivity index (χ0) is 23.0. The van der Waals surface area contributed by atoms with Crippen LogP contribution >= 0.6 is 11.8 Å². The number of allylic oxidation sites excluding steroid dienone is 1. The number of hydrogen-bond acceptors (Lipinski definition) is 4. The van der Waals surface area contributed by atoms with Crippen LogP contribution in [0.1, 0.15) is 110 Å². The van der Waals surface area contributed by atoms with Crippen molar-refractivity contribution >= 4 is 23.7 Å². The summed E-state index contributed by atoms with van der Waals surface area (Å²) >= 11 is 1.25. The van der Waals surface area contributed by atoms with E-state index in [0.29, 0.717) is 25.7 Å². The monoisotopic (exact) mass is 456 g/mol. The average Bonchev–Trinajstić information content (AvgIpc) is 2.73. The van der Waals surface area contributed by atoms with E-state index < -0.39 is 23.5 Å². The summed E-state index contributed by atoms with van der Waals surface area (Å²) in [5, 5.41) is 29.0. The second-order valence-electron chi connectivity index (χ2n) is 9.09. The molecule has 0 aromatic heterocycles. The zero-order valence-electron chi connectivity index (χ0n) is 19.4. The van der Waals surface area contributed by atoms with Gasteiger partial charge in [-0.2, -0.15) is 0 Å². The lowest BCUT2D eigenvalue weighted by molar-refractivity contribution is -0.144. The highest BCUT2D eigenvalue weighted by Gasteiger charge is 2.41. The second-order valence-corrected chi connectivity index (χ2v) is 10.2. The molecule has 1 fully saturated rings. The number of thioether (sulfide) groups is 1. The lowest BCUT2D eigenvalue weighted by atomic mass is 9.77. The average molecular weight is 457 g/mol. The van der Waals surface area contributed by atoms with Gasteiger partial charge in [-0.25, -0.2) is 0 Å². The van der Waals surface area contributed by atoms with Gasteiger partial charge in [0, 0.05) is 0 Å². The van der Waals surface area contributed by atoms with E-state index in [1.165, 1.54) is 76.0 Å². The minimum Gasteiger partial charge on any atom is -0.481 e. The minimum atomic E-state index is -1.01. The molecule has 5 nitrogen and oxygen atoms in total. The standard InChI is InChI=1S/C25H44O5S/c1-2-3-4-5-6-7-8-9-10-11-12-13-14-15-22(31-20-23(26)27)25(30)18-16-21(17-19-25)24(28)29/h14-15,21-22,30H,2-13,16-20H2,1H3,(H,26,27)(H,28,29)/b15-14-/t21?,22-,25?/m1/s1. The number of carboxylic acid groups (broad SMARTS) is 2. The van der Waals surface area contributed by atoms with Gasteiger partial charge in [-0.3, -0.25) is 9.59 Å². The molecule has 0 unspecified atom stereocenters. The van der Waals surface area contributed by atoms with Gasteiger partial charge in [0.25, 0.3) is 0 Å². The SMILES string of the molecule is CCCCCCCCCCCCC/C=C\[C@@H](SCC(=O)O)C1(O)CCC(C(=O)O)CC1. The van der Waals surface area contributed by atoms with E-state index in [2.05, 4.69) is 13.0 Å². The predicted molar refractivity (Wildman–Crippen MR) is 129 cm³/mol. The van der Waals surface area contributed by atoms with Crippen molar-refractivity contribution in [2.75, 3.05) is 5.75 Å². The smallest absolute Gasteiger partial charge is 0.313 e. The molecule has 1 aliphatic carbocycles. The number of unbranched alkanes of at least 4 members (excludes halogenated alkanes) is 11. The molecule has 0 heterocycles. The Labute approximate surface area is 193 Å². The molecule has 180 valence electrons. The summed E-state index contributed by atoms with van der Waals surface area (Å²) in [5.74, 6) is -2.15. The van der Waals surface area contributed by atoms with Crippen molar-refractivity contribution in [1.82, 2.24) is 0 Å². The molecule has 0 amide bonds. The zero-order valence-corrected chi connectivity index (χ0v) is 20.2. The first kappa shape index (κ1) is 28.0. The van der Waals surface area contributed by atoms with Gasteiger partial charge < -0.3 is 15.3 Å². The number of hydrogen-bond donors (Lipinski definition) is 3. The molecule has 1 aliphatic rings. The van der Waals surface area contributed by atoms with Gasteiger partial charge in [-0.1, -0.05) is 83.3 Å². The Kier molecular flexibility index (Phi) is 15.0. The van der Waals surface area contributed by atoms with Crippen molar-refractivity contribution in [3.05, 3.63) is 12.2 Å². The molecular weight excluding hydrogens is 412 g/mol. The Balaban J connectivity index is 2.27. The molecule has 1 saturated carbocycles. The maximum atomic E-state index is 11.2. The molecule has 31 heavy (non-hydrogen) atoms. The van der Waals surface area contributed by atoms with Crippen molar-refractivity contribution in [3.8, 4) is 0 Å². The number of aliphatic hydroxyl groups is 1. The van der Waals surface area contributed by atoms with Gasteiger partial charge in [0.2, 0.25) is 0 Å². The maximum absolute atomic E-state index is 11.2. The third-order valence-electron chi connectivity index (χ3n) is 6.40. The van der Waals surface area contributed by atoms with Crippen molar-refractivity contribution in [2.45, 2.75) is 121 Å². The van der Waals surface area contributed by atoms with Crippen LogP contribution in [-0.2, 0) is 9.59 Å². The lowest BCUT2D eigenvalue weighted by Gasteiger charge is -2.39. The van der Waals surface area contributed by atoms with Crippen molar-refractivity contribution in [2.24, 2.45) is 5.92 Å². The van der Waals surface area contributed by atoms with E-state index in [1.54, 1.807) is 0 Å². The van der Waals surface area contributed by atoms with E-state index in [-0.39, 0.29) is 11.0 Å². The Morgan fingerprint density at radius 2 is 1.45 bits per heavy atom. The Bertz CT molecular complexity index is 526. The van der Waals surface area contributed by atoms with Gasteiger partial charge >= 0.3 is 11.9 Å². The number of aliphatic carboxylic acids is 2. The Hall–Kier alpha value is -1.01. The van der Waals surface area contributed by atoms with Gasteiger partial charge in [0.1, 0.15) is 0 Å². The van der Waals surface area contributed by atoms with E-state index in [4.69, 9.17) is 5.11 Å². The number of rotatable bonds is 18. The first-order valence-electron chi connectivity index (χ1n) is 12.3. The van der Waals surface area contributed by atoms with Crippen LogP contribution in [0.5, 0.6) is 0 Å². The van der Waals surface area contributed by atoms with E-state index in [0.717, 1.165) is 12.8 Å². The fourth-order valence-corrected chi connectivity index (χ4v) is 5.44. The molecule has 0 saturated heterocycles. The molecule has 0 aliphatic heterocycles. The van der Waals surface area contributed by atoms with Crippen LogP contribution in [0.3, 0.4) is 0 Å². The molecular formula is C25H44O5S. The summed E-state index contributed by atoms with van der Waals surface area (Å²) in [6, 6.07) is 0. The van der Waals surface area contributed by atoms with E-state index in [1.807, 2.05) is 6.08 Å². The molecule has 1 atom stereocenters. The lowest BCUT2D eigenvalue weighted by Crippen LogP contribution is -2.44. The summed E-state index contributed by atoms with van der Waals surface area (Å²) < 4.78 is 0. The number of carboxylic acids is 2. The van der Waals surface area contributed by atoms with Crippen LogP contribution in [0.25, 0.3) is 0 Å². The van der Waals surface area contributed by atoms with Crippen LogP contribution < -0.4 is 0 Å². The minimum absolute atomic E-state index is 0.0574. The van der Waals surface area contributed by atoms with Gasteiger partial charge in [-0.05, 0) is 38.5 Å². The molecule has 3 N–H and O–H groups in total. The normalized spacial score (nSPS) is 22.6. The highest BCUT2D eigenvalue weighted by molar-refractivity contribution is 8.00. The third-order valence-corrected chi connectivity index (χ3v) is 7.77. The quantitative estimate of drug-likeness (QED) is 0.162. The summed E-state index contributed by atoms with van der Waals surface area (Å²) in [6.45, 7) is 2.25. The number of carbonyl (C=O) groups is 2. The first-order chi connectivity index (χ1) is 14.9. The van der Waals surface area contributed by atoms with Gasteiger partial charge in [-0.15, -0.1) is 11.8 Å². The summed E-state index contributed by atoms with van der Waals surface area (Å²) in [7, 11) is 0. The molecule has 1 rings (SSSR count). The van der Waals surface area contributed by atoms with Gasteiger partial charge in [0.05, 0.1) is 22.5 Å². The third kappa shape index (κ3) is 12.6. The maximum Gasteiger partial charge on any atom is 0.313 e. The van der Waals surface area contributed by atoms with Crippen molar-refractivity contribution < 1.29 is 24.9 Å². The van der Waals surface area contributed by atoms with E-state index in [9.17, 15) is 19.8 Å². The molecule has 0 spiro atoms. The van der Waals surface area contributed by atoms with Crippen LogP contribution in [0.15, 0.2) is 12.2 Å². The molecule has 0 aromatic rings. The molecule has 6 heteroatoms. The van der Waals surface area contributed by atoms with Crippen LogP contribution in [0, 0.1) is 5.92 Å². The largest absolute Gasteiger partial charge is 0.481 e. The highest BCUT2D eigenvalue weighted by Crippen LogP contribution is 2.39. The Morgan fingerprint density at radius 3 is 1.94 bits per heavy atom. The fraction of sp³-hybridized carbons (Fsp3) is 0.840. The predicted octanol–water partition coefficient (Wildman–Crippen LogP) is 6.44.